The third kappa shape index (κ3) is 3.67. The van der Waals surface area contributed by atoms with Crippen LogP contribution in [0.4, 0.5) is 0 Å². The van der Waals surface area contributed by atoms with Crippen LogP contribution in [0.1, 0.15) is 21.9 Å². The van der Waals surface area contributed by atoms with Crippen molar-refractivity contribution in [2.45, 2.75) is 13.5 Å². The van der Waals surface area contributed by atoms with E-state index in [4.69, 9.17) is 4.42 Å². The first kappa shape index (κ1) is 16.8. The minimum Gasteiger partial charge on any atom is -0.465 e. The van der Waals surface area contributed by atoms with Gasteiger partial charge in [0, 0.05) is 11.8 Å². The van der Waals surface area contributed by atoms with Gasteiger partial charge in [0.2, 0.25) is 0 Å². The first-order valence-corrected chi connectivity index (χ1v) is 8.75. The zero-order chi connectivity index (χ0) is 18.6. The highest BCUT2D eigenvalue weighted by molar-refractivity contribution is 5.99. The van der Waals surface area contributed by atoms with Gasteiger partial charge in [-0.3, -0.25) is 4.79 Å². The summed E-state index contributed by atoms with van der Waals surface area (Å²) in [6, 6.07) is 23.2. The fourth-order valence-electron chi connectivity index (χ4n) is 2.91. The lowest BCUT2D eigenvalue weighted by Crippen LogP contribution is -2.22. The van der Waals surface area contributed by atoms with E-state index in [0.717, 1.165) is 22.8 Å². The van der Waals surface area contributed by atoms with E-state index < -0.39 is 0 Å². The molecule has 1 amide bonds. The molecule has 2 aromatic heterocycles. The second kappa shape index (κ2) is 7.33. The Kier molecular flexibility index (Phi) is 4.58. The quantitative estimate of drug-likeness (QED) is 0.577. The molecular weight excluding hydrogens is 338 g/mol. The van der Waals surface area contributed by atoms with Crippen molar-refractivity contribution in [3.8, 4) is 16.9 Å². The van der Waals surface area contributed by atoms with Gasteiger partial charge in [-0.05, 0) is 31.2 Å². The molecule has 4 aromatic rings. The van der Waals surface area contributed by atoms with E-state index in [0.29, 0.717) is 17.8 Å². The molecule has 0 saturated carbocycles. The molecule has 4 rings (SSSR count). The van der Waals surface area contributed by atoms with Crippen LogP contribution in [0, 0.1) is 6.92 Å². The maximum Gasteiger partial charge on any atom is 0.255 e. The number of carbonyl (C=O) groups excluding carboxylic acids is 1. The average molecular weight is 357 g/mol. The summed E-state index contributed by atoms with van der Waals surface area (Å²) in [7, 11) is 0. The van der Waals surface area contributed by atoms with Gasteiger partial charge >= 0.3 is 0 Å². The van der Waals surface area contributed by atoms with Gasteiger partial charge in [0.25, 0.3) is 5.91 Å². The van der Waals surface area contributed by atoms with Crippen molar-refractivity contribution in [3.05, 3.63) is 96.1 Å². The van der Waals surface area contributed by atoms with Crippen LogP contribution in [0.2, 0.25) is 0 Å². The number of furan rings is 1. The molecule has 0 spiro atoms. The monoisotopic (exact) mass is 357 g/mol. The maximum absolute atomic E-state index is 12.9. The van der Waals surface area contributed by atoms with E-state index in [9.17, 15) is 4.79 Å². The third-order valence-electron chi connectivity index (χ3n) is 4.25. The van der Waals surface area contributed by atoms with Crippen LogP contribution in [-0.4, -0.2) is 15.7 Å². The largest absolute Gasteiger partial charge is 0.465 e. The Bertz CT molecular complexity index is 1050. The highest BCUT2D eigenvalue weighted by atomic mass is 16.3. The summed E-state index contributed by atoms with van der Waals surface area (Å²) in [4.78, 5) is 12.9. The Morgan fingerprint density at radius 3 is 2.37 bits per heavy atom. The van der Waals surface area contributed by atoms with E-state index in [2.05, 4.69) is 10.4 Å². The summed E-state index contributed by atoms with van der Waals surface area (Å²) in [6.45, 7) is 2.21. The van der Waals surface area contributed by atoms with Crippen molar-refractivity contribution in [1.29, 1.82) is 0 Å². The number of nitrogens with one attached hydrogen (secondary N) is 1. The lowest BCUT2D eigenvalue weighted by Gasteiger charge is -2.04. The Morgan fingerprint density at radius 2 is 1.70 bits per heavy atom. The molecule has 0 atom stereocenters. The summed E-state index contributed by atoms with van der Waals surface area (Å²) in [5, 5.41) is 7.58. The van der Waals surface area contributed by atoms with Gasteiger partial charge in [0.1, 0.15) is 17.2 Å². The van der Waals surface area contributed by atoms with Crippen LogP contribution in [0.3, 0.4) is 0 Å². The van der Waals surface area contributed by atoms with E-state index >= 15 is 0 Å². The number of nitrogens with zero attached hydrogens (tertiary/aromatic N) is 2. The minimum absolute atomic E-state index is 0.190. The SMILES string of the molecule is Cc1ccc(CNC(=O)c2cn(-c3ccccc3)nc2-c2ccccc2)o1. The van der Waals surface area contributed by atoms with Gasteiger partial charge in [0.15, 0.2) is 0 Å². The molecule has 0 fully saturated rings. The fourth-order valence-corrected chi connectivity index (χ4v) is 2.91. The van der Waals surface area contributed by atoms with Crippen LogP contribution in [0.15, 0.2) is 83.4 Å². The summed E-state index contributed by atoms with van der Waals surface area (Å²) in [6.07, 6.45) is 1.76. The molecule has 27 heavy (non-hydrogen) atoms. The summed E-state index contributed by atoms with van der Waals surface area (Å²) >= 11 is 0. The van der Waals surface area contributed by atoms with Gasteiger partial charge in [-0.25, -0.2) is 4.68 Å². The molecule has 5 heteroatoms. The Hall–Kier alpha value is -3.60. The number of carbonyl (C=O) groups is 1. The number of hydrogen-bond acceptors (Lipinski definition) is 3. The standard InChI is InChI=1S/C22H19N3O2/c1-16-12-13-19(27-16)14-23-22(26)20-15-25(18-10-6-3-7-11-18)24-21(20)17-8-4-2-5-9-17/h2-13,15H,14H2,1H3,(H,23,26). The van der Waals surface area contributed by atoms with Crippen LogP contribution in [0.25, 0.3) is 16.9 Å². The molecule has 2 heterocycles. The zero-order valence-electron chi connectivity index (χ0n) is 14.9. The second-order valence-corrected chi connectivity index (χ2v) is 6.23. The molecule has 1 N–H and O–H groups in total. The van der Waals surface area contributed by atoms with Crippen molar-refractivity contribution in [2.75, 3.05) is 0 Å². The van der Waals surface area contributed by atoms with E-state index in [-0.39, 0.29) is 5.91 Å². The molecular formula is C22H19N3O2. The first-order valence-electron chi connectivity index (χ1n) is 8.75. The van der Waals surface area contributed by atoms with Crippen LogP contribution < -0.4 is 5.32 Å². The van der Waals surface area contributed by atoms with Crippen LogP contribution >= 0.6 is 0 Å². The number of para-hydroxylation sites is 1. The molecule has 2 aromatic carbocycles. The number of benzene rings is 2. The van der Waals surface area contributed by atoms with Crippen molar-refractivity contribution in [2.24, 2.45) is 0 Å². The Balaban J connectivity index is 1.67. The highest BCUT2D eigenvalue weighted by Gasteiger charge is 2.18. The molecule has 0 bridgehead atoms. The van der Waals surface area contributed by atoms with E-state index in [1.54, 1.807) is 10.9 Å². The van der Waals surface area contributed by atoms with Crippen LogP contribution in [-0.2, 0) is 6.54 Å². The molecule has 0 saturated heterocycles. The highest BCUT2D eigenvalue weighted by Crippen LogP contribution is 2.23. The van der Waals surface area contributed by atoms with Gasteiger partial charge in [0.05, 0.1) is 17.8 Å². The van der Waals surface area contributed by atoms with Gasteiger partial charge in [-0.1, -0.05) is 48.5 Å². The summed E-state index contributed by atoms with van der Waals surface area (Å²) < 4.78 is 7.25. The average Bonchev–Trinajstić information content (AvgIpc) is 3.34. The number of rotatable bonds is 5. The van der Waals surface area contributed by atoms with Gasteiger partial charge < -0.3 is 9.73 Å². The zero-order valence-corrected chi connectivity index (χ0v) is 14.9. The van der Waals surface area contributed by atoms with Crippen molar-refractivity contribution >= 4 is 5.91 Å². The predicted octanol–water partition coefficient (Wildman–Crippen LogP) is 4.37. The number of hydrogen-bond donors (Lipinski definition) is 1. The van der Waals surface area contributed by atoms with Crippen molar-refractivity contribution in [3.63, 3.8) is 0 Å². The summed E-state index contributed by atoms with van der Waals surface area (Å²) in [5.74, 6) is 1.35. The molecule has 0 unspecified atom stereocenters. The molecule has 0 aliphatic carbocycles. The molecule has 0 aliphatic heterocycles. The fraction of sp³-hybridized carbons (Fsp3) is 0.0909. The normalized spacial score (nSPS) is 10.7. The van der Waals surface area contributed by atoms with E-state index in [1.807, 2.05) is 79.7 Å². The van der Waals surface area contributed by atoms with Gasteiger partial charge in [-0.15, -0.1) is 0 Å². The van der Waals surface area contributed by atoms with Gasteiger partial charge in [-0.2, -0.15) is 5.10 Å². The number of aromatic nitrogens is 2. The third-order valence-corrected chi connectivity index (χ3v) is 4.25. The smallest absolute Gasteiger partial charge is 0.255 e. The Morgan fingerprint density at radius 1 is 1.00 bits per heavy atom. The van der Waals surface area contributed by atoms with Crippen molar-refractivity contribution < 1.29 is 9.21 Å². The maximum atomic E-state index is 12.9. The molecule has 5 nitrogen and oxygen atoms in total. The summed E-state index contributed by atoms with van der Waals surface area (Å²) in [5.41, 5.74) is 2.96. The lowest BCUT2D eigenvalue weighted by atomic mass is 10.1. The molecule has 0 radical (unpaired) electrons. The Labute approximate surface area is 157 Å². The minimum atomic E-state index is -0.190. The molecule has 0 aliphatic rings. The first-order chi connectivity index (χ1) is 13.2. The number of aryl methyl sites for hydroxylation is 1. The number of amides is 1. The van der Waals surface area contributed by atoms with Crippen LogP contribution in [0.5, 0.6) is 0 Å². The molecule has 134 valence electrons. The second-order valence-electron chi connectivity index (χ2n) is 6.23. The predicted molar refractivity (Wildman–Crippen MR) is 104 cm³/mol. The topological polar surface area (TPSA) is 60.1 Å². The van der Waals surface area contributed by atoms with Crippen molar-refractivity contribution in [1.82, 2.24) is 15.1 Å². The van der Waals surface area contributed by atoms with E-state index in [1.165, 1.54) is 0 Å². The lowest BCUT2D eigenvalue weighted by molar-refractivity contribution is 0.0948.